The summed E-state index contributed by atoms with van der Waals surface area (Å²) in [7, 11) is 1.40. The van der Waals surface area contributed by atoms with Gasteiger partial charge in [-0.15, -0.1) is 0 Å². The predicted molar refractivity (Wildman–Crippen MR) is 115 cm³/mol. The first-order chi connectivity index (χ1) is 13.4. The maximum absolute atomic E-state index is 12.9. The standard InChI is InChI=1S/C23H44NO4/c1-5-6-7-8-9-10-11-12-13-14-15-18-23(19-16-17-21(25)27-4)24(26)22(2,3)20-28-23/h5-20H2,1-4H3/q-1. The highest BCUT2D eigenvalue weighted by atomic mass is 16.6. The van der Waals surface area contributed by atoms with E-state index in [1.807, 2.05) is 13.8 Å². The van der Waals surface area contributed by atoms with Crippen LogP contribution >= 0.6 is 0 Å². The van der Waals surface area contributed by atoms with Crippen LogP contribution in [0.25, 0.3) is 0 Å². The van der Waals surface area contributed by atoms with Crippen molar-refractivity contribution in [3.05, 3.63) is 5.21 Å². The van der Waals surface area contributed by atoms with Crippen LogP contribution in [0.15, 0.2) is 0 Å². The molecule has 0 aromatic carbocycles. The van der Waals surface area contributed by atoms with E-state index in [1.54, 1.807) is 0 Å². The van der Waals surface area contributed by atoms with Gasteiger partial charge in [-0.05, 0) is 39.5 Å². The number of nitrogens with zero attached hydrogens (tertiary/aromatic N) is 1. The molecule has 0 radical (unpaired) electrons. The van der Waals surface area contributed by atoms with Crippen LogP contribution in [0.1, 0.15) is 117 Å². The van der Waals surface area contributed by atoms with Crippen molar-refractivity contribution in [2.24, 2.45) is 0 Å². The summed E-state index contributed by atoms with van der Waals surface area (Å²) in [6, 6.07) is 0. The van der Waals surface area contributed by atoms with E-state index >= 15 is 0 Å². The lowest BCUT2D eigenvalue weighted by atomic mass is 9.95. The zero-order valence-corrected chi connectivity index (χ0v) is 18.9. The molecular weight excluding hydrogens is 354 g/mol. The highest BCUT2D eigenvalue weighted by Gasteiger charge is 2.45. The first-order valence-corrected chi connectivity index (χ1v) is 11.6. The Morgan fingerprint density at radius 1 is 0.929 bits per heavy atom. The van der Waals surface area contributed by atoms with Gasteiger partial charge < -0.3 is 19.7 Å². The zero-order chi connectivity index (χ0) is 20.9. The van der Waals surface area contributed by atoms with Crippen molar-refractivity contribution in [2.75, 3.05) is 13.7 Å². The molecular formula is C23H44NO4-. The summed E-state index contributed by atoms with van der Waals surface area (Å²) in [5.41, 5.74) is -1.26. The maximum Gasteiger partial charge on any atom is 0.305 e. The van der Waals surface area contributed by atoms with Crippen LogP contribution in [0.2, 0.25) is 0 Å². The number of hydrogen-bond acceptors (Lipinski definition) is 5. The first-order valence-electron chi connectivity index (χ1n) is 11.6. The molecule has 1 atom stereocenters. The van der Waals surface area contributed by atoms with Crippen molar-refractivity contribution in [1.29, 1.82) is 0 Å². The highest BCUT2D eigenvalue weighted by molar-refractivity contribution is 5.69. The number of rotatable bonds is 16. The van der Waals surface area contributed by atoms with Crippen molar-refractivity contribution in [1.82, 2.24) is 5.06 Å². The Morgan fingerprint density at radius 3 is 1.89 bits per heavy atom. The summed E-state index contributed by atoms with van der Waals surface area (Å²) in [4.78, 5) is 11.4. The second-order valence-electron chi connectivity index (χ2n) is 9.06. The van der Waals surface area contributed by atoms with Crippen LogP contribution in [0.3, 0.4) is 0 Å². The Labute approximate surface area is 173 Å². The van der Waals surface area contributed by atoms with E-state index in [-0.39, 0.29) is 5.97 Å². The van der Waals surface area contributed by atoms with Gasteiger partial charge >= 0.3 is 5.97 Å². The molecule has 1 heterocycles. The second kappa shape index (κ2) is 13.6. The van der Waals surface area contributed by atoms with E-state index in [9.17, 15) is 10.0 Å². The van der Waals surface area contributed by atoms with Gasteiger partial charge in [0.05, 0.1) is 13.7 Å². The van der Waals surface area contributed by atoms with Crippen LogP contribution < -0.4 is 0 Å². The largest absolute Gasteiger partial charge is 0.783 e. The van der Waals surface area contributed by atoms with Crippen molar-refractivity contribution >= 4 is 5.97 Å². The fourth-order valence-electron chi connectivity index (χ4n) is 4.13. The Balaban J connectivity index is 2.26. The molecule has 0 spiro atoms. The van der Waals surface area contributed by atoms with Gasteiger partial charge in [-0.3, -0.25) is 4.79 Å². The van der Waals surface area contributed by atoms with E-state index in [1.165, 1.54) is 64.9 Å². The van der Waals surface area contributed by atoms with Gasteiger partial charge in [-0.1, -0.05) is 71.1 Å². The van der Waals surface area contributed by atoms with Crippen molar-refractivity contribution in [3.8, 4) is 0 Å². The first kappa shape index (κ1) is 25.4. The van der Waals surface area contributed by atoms with Crippen LogP contribution in [0.4, 0.5) is 0 Å². The summed E-state index contributed by atoms with van der Waals surface area (Å²) >= 11 is 0. The summed E-state index contributed by atoms with van der Waals surface area (Å²) in [6.07, 6.45) is 16.5. The molecule has 5 heteroatoms. The second-order valence-corrected chi connectivity index (χ2v) is 9.06. The SMILES string of the molecule is CCCCCCCCCCCCCC1(CCCC(=O)OC)OCC(C)(C)N1[O-]. The van der Waals surface area contributed by atoms with Crippen molar-refractivity contribution < 1.29 is 14.3 Å². The molecule has 0 N–H and O–H groups in total. The minimum atomic E-state index is -0.767. The molecule has 0 bridgehead atoms. The molecule has 5 nitrogen and oxygen atoms in total. The van der Waals surface area contributed by atoms with Crippen molar-refractivity contribution in [2.45, 2.75) is 128 Å². The van der Waals surface area contributed by atoms with E-state index in [0.29, 0.717) is 25.9 Å². The fourth-order valence-corrected chi connectivity index (χ4v) is 4.13. The molecule has 1 unspecified atom stereocenters. The summed E-state index contributed by atoms with van der Waals surface area (Å²) < 4.78 is 10.8. The lowest BCUT2D eigenvalue weighted by Crippen LogP contribution is -2.48. The third-order valence-corrected chi connectivity index (χ3v) is 5.96. The van der Waals surface area contributed by atoms with Crippen LogP contribution in [0, 0.1) is 5.21 Å². The lowest BCUT2D eigenvalue weighted by molar-refractivity contribution is -0.141. The number of ether oxygens (including phenoxy) is 2. The summed E-state index contributed by atoms with van der Waals surface area (Å²) in [5, 5.41) is 14.0. The highest BCUT2D eigenvalue weighted by Crippen LogP contribution is 2.41. The third-order valence-electron chi connectivity index (χ3n) is 5.96. The van der Waals surface area contributed by atoms with E-state index in [4.69, 9.17) is 9.47 Å². The van der Waals surface area contributed by atoms with Gasteiger partial charge in [0.1, 0.15) is 5.72 Å². The Morgan fingerprint density at radius 2 is 1.43 bits per heavy atom. The van der Waals surface area contributed by atoms with Crippen LogP contribution in [-0.4, -0.2) is 36.0 Å². The average Bonchev–Trinajstić information content (AvgIpc) is 2.90. The Kier molecular flexibility index (Phi) is 12.3. The lowest BCUT2D eigenvalue weighted by Gasteiger charge is -2.48. The van der Waals surface area contributed by atoms with Gasteiger partial charge in [-0.25, -0.2) is 0 Å². The van der Waals surface area contributed by atoms with E-state index < -0.39 is 11.3 Å². The maximum atomic E-state index is 12.9. The minimum absolute atomic E-state index is 0.223. The smallest absolute Gasteiger partial charge is 0.305 e. The monoisotopic (exact) mass is 398 g/mol. The van der Waals surface area contributed by atoms with Gasteiger partial charge in [0, 0.05) is 12.0 Å². The van der Waals surface area contributed by atoms with Crippen molar-refractivity contribution in [3.63, 3.8) is 0 Å². The molecule has 28 heavy (non-hydrogen) atoms. The number of esters is 1. The summed E-state index contributed by atoms with van der Waals surface area (Å²) in [6.45, 7) is 6.57. The Bertz CT molecular complexity index is 427. The number of hydroxylamine groups is 2. The molecule has 166 valence electrons. The van der Waals surface area contributed by atoms with Crippen LogP contribution in [0.5, 0.6) is 0 Å². The molecule has 1 aliphatic heterocycles. The molecule has 0 saturated carbocycles. The van der Waals surface area contributed by atoms with Gasteiger partial charge in [0.15, 0.2) is 0 Å². The molecule has 0 aliphatic carbocycles. The van der Waals surface area contributed by atoms with Crippen LogP contribution in [-0.2, 0) is 14.3 Å². The Hall–Kier alpha value is -0.650. The molecule has 0 aromatic rings. The number of carbonyl (C=O) groups excluding carboxylic acids is 1. The third kappa shape index (κ3) is 8.79. The van der Waals surface area contributed by atoms with Gasteiger partial charge in [-0.2, -0.15) is 0 Å². The van der Waals surface area contributed by atoms with E-state index in [2.05, 4.69) is 6.92 Å². The summed E-state index contributed by atoms with van der Waals surface area (Å²) in [5.74, 6) is -0.223. The molecule has 0 aromatic heterocycles. The molecule has 1 rings (SSSR count). The predicted octanol–water partition coefficient (Wildman–Crippen LogP) is 6.34. The molecule has 0 amide bonds. The number of hydrogen-bond donors (Lipinski definition) is 0. The quantitative estimate of drug-likeness (QED) is 0.224. The molecule has 1 saturated heterocycles. The number of unbranched alkanes of at least 4 members (excludes halogenated alkanes) is 10. The zero-order valence-electron chi connectivity index (χ0n) is 18.9. The molecule has 1 aliphatic rings. The van der Waals surface area contributed by atoms with E-state index in [0.717, 1.165) is 24.3 Å². The normalized spacial score (nSPS) is 21.9. The van der Waals surface area contributed by atoms with Gasteiger partial charge in [0.2, 0.25) is 0 Å². The minimum Gasteiger partial charge on any atom is -0.783 e. The topological polar surface area (TPSA) is 61.8 Å². The van der Waals surface area contributed by atoms with Gasteiger partial charge in [0.25, 0.3) is 0 Å². The number of carbonyl (C=O) groups is 1. The average molecular weight is 399 g/mol. The molecule has 1 fully saturated rings. The fraction of sp³-hybridized carbons (Fsp3) is 0.957. The number of methoxy groups -OCH3 is 1.